The van der Waals surface area contributed by atoms with Crippen LogP contribution in [0.4, 0.5) is 11.4 Å². The summed E-state index contributed by atoms with van der Waals surface area (Å²) in [6, 6.07) is 9.20. The predicted octanol–water partition coefficient (Wildman–Crippen LogP) is 7.43. The quantitative estimate of drug-likeness (QED) is 0.417. The van der Waals surface area contributed by atoms with Gasteiger partial charge in [0.15, 0.2) is 0 Å². The molecule has 2 aliphatic rings. The Balaban J connectivity index is 1.74. The summed E-state index contributed by atoms with van der Waals surface area (Å²) in [7, 11) is 8.44. The molecule has 4 heteroatoms. The van der Waals surface area contributed by atoms with Crippen molar-refractivity contribution in [3.05, 3.63) is 66.6 Å². The molecular formula is C25H28Br2N2. The second kappa shape index (κ2) is 7.63. The van der Waals surface area contributed by atoms with Gasteiger partial charge in [-0.2, -0.15) is 0 Å². The maximum Gasteiger partial charge on any atom is 0.0375 e. The van der Waals surface area contributed by atoms with Crippen molar-refractivity contribution < 1.29 is 0 Å². The highest BCUT2D eigenvalue weighted by Gasteiger charge is 2.32. The molecule has 29 heavy (non-hydrogen) atoms. The molecular weight excluding hydrogens is 488 g/mol. The van der Waals surface area contributed by atoms with E-state index in [-0.39, 0.29) is 0 Å². The standard InChI is InChI=1S/C25H28Br2N2/c1-14-7-22-20(9-16(28(3)4)11-24(22)26)18(14)13-19-15(2)8-23-21(19)10-17(29(5)6)12-25(23)27/h7-12,18-19H,13H2,1-6H3. The Morgan fingerprint density at radius 1 is 0.690 bits per heavy atom. The number of nitrogens with zero attached hydrogens (tertiary/aromatic N) is 2. The summed E-state index contributed by atoms with van der Waals surface area (Å²) < 4.78 is 2.38. The van der Waals surface area contributed by atoms with Gasteiger partial charge >= 0.3 is 0 Å². The minimum Gasteiger partial charge on any atom is -0.378 e. The minimum absolute atomic E-state index is 0.447. The summed E-state index contributed by atoms with van der Waals surface area (Å²) in [5.74, 6) is 0.893. The summed E-state index contributed by atoms with van der Waals surface area (Å²) in [6.45, 7) is 4.57. The van der Waals surface area contributed by atoms with E-state index in [0.29, 0.717) is 11.8 Å². The molecule has 0 saturated carbocycles. The Labute approximate surface area is 191 Å². The molecule has 2 nitrogen and oxygen atoms in total. The number of hydrogen-bond acceptors (Lipinski definition) is 2. The number of benzene rings is 2. The normalized spacial score (nSPS) is 19.6. The third-order valence-electron chi connectivity index (χ3n) is 6.39. The number of rotatable bonds is 4. The molecule has 0 fully saturated rings. The van der Waals surface area contributed by atoms with Crippen molar-refractivity contribution in [2.24, 2.45) is 0 Å². The van der Waals surface area contributed by atoms with Crippen LogP contribution in [0.25, 0.3) is 12.2 Å². The second-order valence-electron chi connectivity index (χ2n) is 8.77. The molecule has 152 valence electrons. The van der Waals surface area contributed by atoms with E-state index in [9.17, 15) is 0 Å². The Kier molecular flexibility index (Phi) is 5.45. The van der Waals surface area contributed by atoms with Crippen molar-refractivity contribution in [3.8, 4) is 0 Å². The third-order valence-corrected chi connectivity index (χ3v) is 7.70. The van der Waals surface area contributed by atoms with Crippen LogP contribution in [0.2, 0.25) is 0 Å². The largest absolute Gasteiger partial charge is 0.378 e. The average Bonchev–Trinajstić information content (AvgIpc) is 3.13. The second-order valence-corrected chi connectivity index (χ2v) is 10.5. The van der Waals surface area contributed by atoms with E-state index in [0.717, 1.165) is 6.42 Å². The van der Waals surface area contributed by atoms with Crippen molar-refractivity contribution in [2.45, 2.75) is 32.1 Å². The fourth-order valence-corrected chi connectivity index (χ4v) is 5.81. The average molecular weight is 516 g/mol. The van der Waals surface area contributed by atoms with E-state index in [1.54, 1.807) is 0 Å². The van der Waals surface area contributed by atoms with Crippen LogP contribution in [-0.4, -0.2) is 28.2 Å². The molecule has 2 aromatic carbocycles. The van der Waals surface area contributed by atoms with Crippen molar-refractivity contribution in [1.82, 2.24) is 0 Å². The van der Waals surface area contributed by atoms with E-state index >= 15 is 0 Å². The highest BCUT2D eigenvalue weighted by molar-refractivity contribution is 9.10. The maximum absolute atomic E-state index is 3.81. The zero-order chi connectivity index (χ0) is 21.0. The summed E-state index contributed by atoms with van der Waals surface area (Å²) in [5.41, 5.74) is 11.0. The molecule has 0 bridgehead atoms. The van der Waals surface area contributed by atoms with Gasteiger partial charge in [-0.25, -0.2) is 0 Å². The first-order valence-electron chi connectivity index (χ1n) is 10.0. The molecule has 0 saturated heterocycles. The van der Waals surface area contributed by atoms with Crippen LogP contribution in [0.3, 0.4) is 0 Å². The van der Waals surface area contributed by atoms with Crippen LogP contribution in [0, 0.1) is 0 Å². The lowest BCUT2D eigenvalue weighted by molar-refractivity contribution is 0.642. The van der Waals surface area contributed by atoms with Gasteiger partial charge < -0.3 is 9.80 Å². The van der Waals surface area contributed by atoms with Crippen molar-refractivity contribution in [2.75, 3.05) is 38.0 Å². The van der Waals surface area contributed by atoms with E-state index in [1.807, 2.05) is 0 Å². The van der Waals surface area contributed by atoms with Crippen molar-refractivity contribution >= 4 is 55.4 Å². The van der Waals surface area contributed by atoms with Crippen LogP contribution in [0.5, 0.6) is 0 Å². The maximum atomic E-state index is 3.81. The fraction of sp³-hybridized carbons (Fsp3) is 0.360. The fourth-order valence-electron chi connectivity index (χ4n) is 4.65. The van der Waals surface area contributed by atoms with Crippen LogP contribution in [0.1, 0.15) is 54.4 Å². The molecule has 0 amide bonds. The third kappa shape index (κ3) is 3.59. The minimum atomic E-state index is 0.447. The lowest BCUT2D eigenvalue weighted by Gasteiger charge is -2.24. The topological polar surface area (TPSA) is 6.48 Å². The van der Waals surface area contributed by atoms with Crippen LogP contribution < -0.4 is 9.80 Å². The number of fused-ring (bicyclic) bond motifs is 2. The highest BCUT2D eigenvalue weighted by atomic mass is 79.9. The number of hydrogen-bond donors (Lipinski definition) is 0. The summed E-state index contributed by atoms with van der Waals surface area (Å²) in [4.78, 5) is 4.37. The molecule has 2 atom stereocenters. The lowest BCUT2D eigenvalue weighted by atomic mass is 9.82. The molecule has 2 unspecified atom stereocenters. The first-order valence-corrected chi connectivity index (χ1v) is 11.6. The van der Waals surface area contributed by atoms with Gasteiger partial charge in [-0.3, -0.25) is 0 Å². The first kappa shape index (κ1) is 20.7. The van der Waals surface area contributed by atoms with Crippen LogP contribution in [-0.2, 0) is 0 Å². The Bertz CT molecular complexity index is 964. The number of anilines is 2. The molecule has 2 aliphatic carbocycles. The molecule has 0 heterocycles. The Hall–Kier alpha value is -1.52. The number of halogens is 2. The monoisotopic (exact) mass is 514 g/mol. The number of allylic oxidation sites excluding steroid dienone is 2. The van der Waals surface area contributed by atoms with Gasteiger partial charge in [-0.1, -0.05) is 55.2 Å². The molecule has 0 aromatic heterocycles. The predicted molar refractivity (Wildman–Crippen MR) is 134 cm³/mol. The lowest BCUT2D eigenvalue weighted by Crippen LogP contribution is -2.12. The van der Waals surface area contributed by atoms with Gasteiger partial charge in [0.25, 0.3) is 0 Å². The van der Waals surface area contributed by atoms with Gasteiger partial charge in [0.2, 0.25) is 0 Å². The van der Waals surface area contributed by atoms with E-state index in [1.165, 1.54) is 53.7 Å². The molecule has 0 N–H and O–H groups in total. The zero-order valence-corrected chi connectivity index (χ0v) is 21.1. The van der Waals surface area contributed by atoms with E-state index in [2.05, 4.69) is 120 Å². The SMILES string of the molecule is CC1=Cc2c(Br)cc(N(C)C)cc2C1CC1C(C)=Cc2c(Br)cc(N(C)C)cc21. The molecule has 0 radical (unpaired) electrons. The van der Waals surface area contributed by atoms with Gasteiger partial charge in [0, 0.05) is 60.3 Å². The van der Waals surface area contributed by atoms with Crippen molar-refractivity contribution in [1.29, 1.82) is 0 Å². The molecule has 4 rings (SSSR count). The summed E-state index contributed by atoms with van der Waals surface area (Å²) in [5, 5.41) is 0. The highest BCUT2D eigenvalue weighted by Crippen LogP contribution is 2.51. The molecule has 2 aromatic rings. The van der Waals surface area contributed by atoms with E-state index in [4.69, 9.17) is 0 Å². The van der Waals surface area contributed by atoms with Crippen LogP contribution >= 0.6 is 31.9 Å². The van der Waals surface area contributed by atoms with Gasteiger partial charge in [-0.05, 0) is 66.8 Å². The van der Waals surface area contributed by atoms with E-state index < -0.39 is 0 Å². The Morgan fingerprint density at radius 2 is 1.07 bits per heavy atom. The Morgan fingerprint density at radius 3 is 1.41 bits per heavy atom. The smallest absolute Gasteiger partial charge is 0.0375 e. The molecule has 0 spiro atoms. The van der Waals surface area contributed by atoms with Crippen molar-refractivity contribution in [3.63, 3.8) is 0 Å². The molecule has 0 aliphatic heterocycles. The zero-order valence-electron chi connectivity index (χ0n) is 18.0. The van der Waals surface area contributed by atoms with Crippen LogP contribution in [0.15, 0.2) is 44.4 Å². The van der Waals surface area contributed by atoms with Gasteiger partial charge in [0.1, 0.15) is 0 Å². The summed E-state index contributed by atoms with van der Waals surface area (Å²) in [6.07, 6.45) is 5.84. The van der Waals surface area contributed by atoms with Gasteiger partial charge in [-0.15, -0.1) is 0 Å². The summed E-state index contributed by atoms with van der Waals surface area (Å²) >= 11 is 7.62. The first-order chi connectivity index (χ1) is 13.7. The van der Waals surface area contributed by atoms with Gasteiger partial charge in [0.05, 0.1) is 0 Å².